The highest BCUT2D eigenvalue weighted by atomic mass is 35.5. The summed E-state index contributed by atoms with van der Waals surface area (Å²) in [4.78, 5) is 13.7. The van der Waals surface area contributed by atoms with Crippen LogP contribution in [-0.4, -0.2) is 32.3 Å². The van der Waals surface area contributed by atoms with Gasteiger partial charge in [0.05, 0.1) is 16.7 Å². The predicted octanol–water partition coefficient (Wildman–Crippen LogP) is 3.13. The number of sulfonamides is 1. The molecule has 2 aromatic carbocycles. The fourth-order valence-corrected chi connectivity index (χ4v) is 3.44. The molecule has 25 heavy (non-hydrogen) atoms. The minimum atomic E-state index is -3.88. The summed E-state index contributed by atoms with van der Waals surface area (Å²) in [7, 11) is -3.88. The Morgan fingerprint density at radius 3 is 2.60 bits per heavy atom. The standard InChI is InChI=1S/C17H16ClN3O3S/c1-2-21(10-9-19)17(22)13-5-3-8-16(11-13)25(23,24)20-15-7-4-6-14(18)12-15/h3-8,11-12,20H,2,10H2,1H3. The van der Waals surface area contributed by atoms with Crippen molar-refractivity contribution in [3.8, 4) is 6.07 Å². The first-order valence-corrected chi connectivity index (χ1v) is 9.28. The Morgan fingerprint density at radius 2 is 1.96 bits per heavy atom. The first-order valence-electron chi connectivity index (χ1n) is 7.42. The van der Waals surface area contributed by atoms with Crippen LogP contribution in [0.25, 0.3) is 0 Å². The number of rotatable bonds is 6. The number of nitriles is 1. The van der Waals surface area contributed by atoms with Gasteiger partial charge in [0.1, 0.15) is 6.54 Å². The third kappa shape index (κ3) is 4.72. The van der Waals surface area contributed by atoms with Crippen molar-refractivity contribution in [3.05, 3.63) is 59.1 Å². The Labute approximate surface area is 151 Å². The number of hydrogen-bond acceptors (Lipinski definition) is 4. The lowest BCUT2D eigenvalue weighted by atomic mass is 10.2. The quantitative estimate of drug-likeness (QED) is 0.783. The highest BCUT2D eigenvalue weighted by molar-refractivity contribution is 7.92. The number of anilines is 1. The number of benzene rings is 2. The van der Waals surface area contributed by atoms with Crippen molar-refractivity contribution in [2.45, 2.75) is 11.8 Å². The molecule has 130 valence electrons. The van der Waals surface area contributed by atoms with Crippen LogP contribution in [0.3, 0.4) is 0 Å². The number of nitrogens with zero attached hydrogens (tertiary/aromatic N) is 2. The van der Waals surface area contributed by atoms with Gasteiger partial charge in [0.15, 0.2) is 0 Å². The van der Waals surface area contributed by atoms with Gasteiger partial charge >= 0.3 is 0 Å². The van der Waals surface area contributed by atoms with Gasteiger partial charge in [0, 0.05) is 17.1 Å². The molecule has 0 saturated heterocycles. The largest absolute Gasteiger partial charge is 0.326 e. The Kier molecular flexibility index (Phi) is 6.02. The van der Waals surface area contributed by atoms with E-state index >= 15 is 0 Å². The lowest BCUT2D eigenvalue weighted by Crippen LogP contribution is -2.31. The molecule has 0 spiro atoms. The van der Waals surface area contributed by atoms with Gasteiger partial charge in [-0.1, -0.05) is 23.7 Å². The number of hydrogen-bond donors (Lipinski definition) is 1. The highest BCUT2D eigenvalue weighted by Gasteiger charge is 2.19. The molecular formula is C17H16ClN3O3S. The van der Waals surface area contributed by atoms with E-state index in [0.29, 0.717) is 17.3 Å². The van der Waals surface area contributed by atoms with Gasteiger partial charge in [-0.25, -0.2) is 8.42 Å². The number of carbonyl (C=O) groups excluding carboxylic acids is 1. The smallest absolute Gasteiger partial charge is 0.261 e. The van der Waals surface area contributed by atoms with E-state index < -0.39 is 15.9 Å². The lowest BCUT2D eigenvalue weighted by molar-refractivity contribution is 0.0784. The summed E-state index contributed by atoms with van der Waals surface area (Å²) in [5.74, 6) is -0.399. The molecule has 0 aromatic heterocycles. The summed E-state index contributed by atoms with van der Waals surface area (Å²) in [6, 6.07) is 13.9. The van der Waals surface area contributed by atoms with Gasteiger partial charge in [-0.3, -0.25) is 9.52 Å². The maximum atomic E-state index is 12.5. The molecule has 2 aromatic rings. The summed E-state index contributed by atoms with van der Waals surface area (Å²) in [5.41, 5.74) is 0.523. The summed E-state index contributed by atoms with van der Waals surface area (Å²) >= 11 is 5.86. The first kappa shape index (κ1) is 18.8. The molecule has 2 rings (SSSR count). The van der Waals surface area contributed by atoms with Crippen LogP contribution in [0, 0.1) is 11.3 Å². The van der Waals surface area contributed by atoms with E-state index in [-0.39, 0.29) is 17.0 Å². The zero-order valence-corrected chi connectivity index (χ0v) is 15.0. The van der Waals surface area contributed by atoms with E-state index in [1.807, 2.05) is 6.07 Å². The molecule has 0 heterocycles. The number of amides is 1. The molecule has 0 radical (unpaired) electrons. The monoisotopic (exact) mass is 377 g/mol. The van der Waals surface area contributed by atoms with Crippen LogP contribution in [0.5, 0.6) is 0 Å². The maximum absolute atomic E-state index is 12.5. The minimum absolute atomic E-state index is 0.0497. The van der Waals surface area contributed by atoms with Crippen LogP contribution >= 0.6 is 11.6 Å². The number of nitrogens with one attached hydrogen (secondary N) is 1. The van der Waals surface area contributed by atoms with Gasteiger partial charge < -0.3 is 4.90 Å². The Balaban J connectivity index is 2.31. The molecule has 0 fully saturated rings. The molecule has 1 amide bonds. The second-order valence-corrected chi connectivity index (χ2v) is 7.24. The number of carbonyl (C=O) groups is 1. The van der Waals surface area contributed by atoms with Crippen LogP contribution in [0.4, 0.5) is 5.69 Å². The van der Waals surface area contributed by atoms with E-state index in [9.17, 15) is 13.2 Å². The van der Waals surface area contributed by atoms with Crippen molar-refractivity contribution in [3.63, 3.8) is 0 Å². The van der Waals surface area contributed by atoms with E-state index in [4.69, 9.17) is 16.9 Å². The van der Waals surface area contributed by atoms with Crippen LogP contribution in [0.2, 0.25) is 5.02 Å². The van der Waals surface area contributed by atoms with E-state index in [1.54, 1.807) is 25.1 Å². The molecule has 0 unspecified atom stereocenters. The Morgan fingerprint density at radius 1 is 1.24 bits per heavy atom. The van der Waals surface area contributed by atoms with Crippen LogP contribution < -0.4 is 4.72 Å². The normalized spacial score (nSPS) is 10.8. The Bertz CT molecular complexity index is 923. The summed E-state index contributed by atoms with van der Waals surface area (Å²) in [6.07, 6.45) is 0. The summed E-state index contributed by atoms with van der Waals surface area (Å²) in [6.45, 7) is 2.04. The fourth-order valence-electron chi connectivity index (χ4n) is 2.16. The molecule has 0 bridgehead atoms. The van der Waals surface area contributed by atoms with Crippen molar-refractivity contribution in [2.24, 2.45) is 0 Å². The molecule has 8 heteroatoms. The molecule has 1 N–H and O–H groups in total. The zero-order valence-electron chi connectivity index (χ0n) is 13.4. The van der Waals surface area contributed by atoms with Crippen LogP contribution in [0.15, 0.2) is 53.4 Å². The van der Waals surface area contributed by atoms with E-state index in [2.05, 4.69) is 4.72 Å². The maximum Gasteiger partial charge on any atom is 0.261 e. The van der Waals surface area contributed by atoms with Gasteiger partial charge in [-0.15, -0.1) is 0 Å². The van der Waals surface area contributed by atoms with Crippen LogP contribution in [0.1, 0.15) is 17.3 Å². The van der Waals surface area contributed by atoms with Crippen molar-refractivity contribution < 1.29 is 13.2 Å². The van der Waals surface area contributed by atoms with Gasteiger partial charge in [0.2, 0.25) is 0 Å². The fraction of sp³-hybridized carbons (Fsp3) is 0.176. The van der Waals surface area contributed by atoms with Gasteiger partial charge in [-0.2, -0.15) is 5.26 Å². The lowest BCUT2D eigenvalue weighted by Gasteiger charge is -2.17. The van der Waals surface area contributed by atoms with E-state index in [1.165, 1.54) is 35.2 Å². The second-order valence-electron chi connectivity index (χ2n) is 5.12. The summed E-state index contributed by atoms with van der Waals surface area (Å²) < 4.78 is 27.5. The minimum Gasteiger partial charge on any atom is -0.326 e. The highest BCUT2D eigenvalue weighted by Crippen LogP contribution is 2.20. The molecular weight excluding hydrogens is 362 g/mol. The SMILES string of the molecule is CCN(CC#N)C(=O)c1cccc(S(=O)(=O)Nc2cccc(Cl)c2)c1. The van der Waals surface area contributed by atoms with Crippen LogP contribution in [-0.2, 0) is 10.0 Å². The summed E-state index contributed by atoms with van der Waals surface area (Å²) in [5, 5.41) is 9.18. The third-order valence-corrected chi connectivity index (χ3v) is 5.01. The Hall–Kier alpha value is -2.56. The number of halogens is 1. The molecule has 0 aliphatic carbocycles. The second kappa shape index (κ2) is 8.01. The average molecular weight is 378 g/mol. The molecule has 0 aliphatic heterocycles. The van der Waals surface area contributed by atoms with Gasteiger partial charge in [0.25, 0.3) is 15.9 Å². The van der Waals surface area contributed by atoms with Crippen molar-refractivity contribution >= 4 is 33.2 Å². The van der Waals surface area contributed by atoms with Crippen molar-refractivity contribution in [1.82, 2.24) is 4.90 Å². The molecule has 0 saturated carbocycles. The molecule has 0 atom stereocenters. The molecule has 6 nitrogen and oxygen atoms in total. The van der Waals surface area contributed by atoms with Crippen molar-refractivity contribution in [2.75, 3.05) is 17.8 Å². The molecule has 0 aliphatic rings. The predicted molar refractivity (Wildman–Crippen MR) is 95.9 cm³/mol. The first-order chi connectivity index (χ1) is 11.9. The van der Waals surface area contributed by atoms with E-state index in [0.717, 1.165) is 0 Å². The topological polar surface area (TPSA) is 90.3 Å². The zero-order chi connectivity index (χ0) is 18.4. The average Bonchev–Trinajstić information content (AvgIpc) is 2.59. The van der Waals surface area contributed by atoms with Crippen molar-refractivity contribution in [1.29, 1.82) is 5.26 Å². The third-order valence-electron chi connectivity index (χ3n) is 3.40. The van der Waals surface area contributed by atoms with Gasteiger partial charge in [-0.05, 0) is 43.3 Å².